The molecule has 0 saturated carbocycles. The highest BCUT2D eigenvalue weighted by atomic mass is 16.2. The number of amides is 2. The summed E-state index contributed by atoms with van der Waals surface area (Å²) < 4.78 is 0. The second-order valence-electron chi connectivity index (χ2n) is 5.48. The van der Waals surface area contributed by atoms with Crippen LogP contribution in [0.25, 0.3) is 0 Å². The molecule has 4 nitrogen and oxygen atoms in total. The van der Waals surface area contributed by atoms with Gasteiger partial charge in [0.2, 0.25) is 11.8 Å². The predicted octanol–water partition coefficient (Wildman–Crippen LogP) is 2.78. The van der Waals surface area contributed by atoms with Crippen LogP contribution in [-0.4, -0.2) is 18.4 Å². The molecule has 0 radical (unpaired) electrons. The van der Waals surface area contributed by atoms with E-state index in [-0.39, 0.29) is 11.8 Å². The molecule has 1 N–H and O–H groups in total. The summed E-state index contributed by atoms with van der Waals surface area (Å²) in [4.78, 5) is 25.3. The van der Waals surface area contributed by atoms with E-state index in [2.05, 4.69) is 11.4 Å². The van der Waals surface area contributed by atoms with Gasteiger partial charge in [0.25, 0.3) is 0 Å². The Kier molecular flexibility index (Phi) is 3.92. The molecule has 0 fully saturated rings. The van der Waals surface area contributed by atoms with Crippen LogP contribution in [0.15, 0.2) is 48.5 Å². The van der Waals surface area contributed by atoms with Crippen molar-refractivity contribution >= 4 is 23.2 Å². The molecular formula is C18H18N2O2. The smallest absolute Gasteiger partial charge is 0.231 e. The maximum atomic E-state index is 12.5. The van der Waals surface area contributed by atoms with Crippen LogP contribution < -0.4 is 10.2 Å². The number of nitrogens with zero attached hydrogens (tertiary/aromatic N) is 1. The molecule has 1 aliphatic rings. The Morgan fingerprint density at radius 2 is 1.82 bits per heavy atom. The summed E-state index contributed by atoms with van der Waals surface area (Å²) in [6.45, 7) is 2.23. The Balaban J connectivity index is 1.69. The van der Waals surface area contributed by atoms with Gasteiger partial charge >= 0.3 is 0 Å². The van der Waals surface area contributed by atoms with Crippen molar-refractivity contribution in [3.05, 3.63) is 59.7 Å². The van der Waals surface area contributed by atoms with Gasteiger partial charge in [-0.1, -0.05) is 30.3 Å². The first kappa shape index (κ1) is 14.3. The summed E-state index contributed by atoms with van der Waals surface area (Å²) in [6.07, 6.45) is 1.29. The zero-order chi connectivity index (χ0) is 15.5. The third kappa shape index (κ3) is 3.01. The Hall–Kier alpha value is -2.62. The molecule has 0 saturated heterocycles. The number of anilines is 2. The normalized spacial score (nSPS) is 12.9. The molecule has 0 aromatic heterocycles. The molecule has 2 aromatic rings. The number of rotatable bonds is 3. The molecule has 4 heteroatoms. The zero-order valence-electron chi connectivity index (χ0n) is 12.5. The monoisotopic (exact) mass is 294 g/mol. The van der Waals surface area contributed by atoms with E-state index in [4.69, 9.17) is 0 Å². The zero-order valence-corrected chi connectivity index (χ0v) is 12.5. The van der Waals surface area contributed by atoms with Crippen molar-refractivity contribution in [1.29, 1.82) is 0 Å². The van der Waals surface area contributed by atoms with Crippen LogP contribution in [0.2, 0.25) is 0 Å². The molecule has 0 bridgehead atoms. The van der Waals surface area contributed by atoms with Crippen molar-refractivity contribution in [2.24, 2.45) is 0 Å². The third-order valence-electron chi connectivity index (χ3n) is 3.82. The number of benzene rings is 2. The third-order valence-corrected chi connectivity index (χ3v) is 3.82. The summed E-state index contributed by atoms with van der Waals surface area (Å²) in [7, 11) is 0. The number of hydrogen-bond donors (Lipinski definition) is 1. The van der Waals surface area contributed by atoms with E-state index in [1.54, 1.807) is 0 Å². The van der Waals surface area contributed by atoms with Crippen molar-refractivity contribution in [3.8, 4) is 0 Å². The highest BCUT2D eigenvalue weighted by molar-refractivity contribution is 5.96. The lowest BCUT2D eigenvalue weighted by Crippen LogP contribution is -2.30. The van der Waals surface area contributed by atoms with Crippen molar-refractivity contribution in [2.75, 3.05) is 16.8 Å². The van der Waals surface area contributed by atoms with Crippen LogP contribution in [0.1, 0.15) is 18.1 Å². The SMILES string of the molecule is CC(=O)Nc1ccc(CC(=O)N2CCc3ccccc32)cc1. The molecule has 1 heterocycles. The van der Waals surface area contributed by atoms with Crippen molar-refractivity contribution in [1.82, 2.24) is 0 Å². The van der Waals surface area contributed by atoms with E-state index >= 15 is 0 Å². The van der Waals surface area contributed by atoms with E-state index < -0.39 is 0 Å². The number of hydrogen-bond acceptors (Lipinski definition) is 2. The highest BCUT2D eigenvalue weighted by Crippen LogP contribution is 2.28. The summed E-state index contributed by atoms with van der Waals surface area (Å²) >= 11 is 0. The molecule has 0 unspecified atom stereocenters. The first-order valence-corrected chi connectivity index (χ1v) is 7.38. The minimum absolute atomic E-state index is 0.0995. The van der Waals surface area contributed by atoms with Crippen molar-refractivity contribution in [2.45, 2.75) is 19.8 Å². The second-order valence-corrected chi connectivity index (χ2v) is 5.48. The summed E-state index contributed by atoms with van der Waals surface area (Å²) in [5.74, 6) is 0.00901. The average molecular weight is 294 g/mol. The number of para-hydroxylation sites is 1. The van der Waals surface area contributed by atoms with Crippen LogP contribution in [0.3, 0.4) is 0 Å². The summed E-state index contributed by atoms with van der Waals surface area (Å²) in [5.41, 5.74) is 3.96. The fourth-order valence-electron chi connectivity index (χ4n) is 2.78. The van der Waals surface area contributed by atoms with E-state index in [0.717, 1.165) is 29.9 Å². The molecule has 1 aliphatic heterocycles. The average Bonchev–Trinajstić information content (AvgIpc) is 2.93. The molecule has 112 valence electrons. The maximum absolute atomic E-state index is 12.5. The number of nitrogens with one attached hydrogen (secondary N) is 1. The quantitative estimate of drug-likeness (QED) is 0.946. The molecule has 0 aliphatic carbocycles. The minimum Gasteiger partial charge on any atom is -0.326 e. The largest absolute Gasteiger partial charge is 0.326 e. The predicted molar refractivity (Wildman–Crippen MR) is 86.9 cm³/mol. The Bertz CT molecular complexity index is 707. The topological polar surface area (TPSA) is 49.4 Å². The van der Waals surface area contributed by atoms with E-state index in [0.29, 0.717) is 6.42 Å². The number of fused-ring (bicyclic) bond motifs is 1. The van der Waals surface area contributed by atoms with E-state index in [1.807, 2.05) is 47.4 Å². The minimum atomic E-state index is -0.0995. The fourth-order valence-corrected chi connectivity index (χ4v) is 2.78. The van der Waals surface area contributed by atoms with Gasteiger partial charge in [0.15, 0.2) is 0 Å². The number of carbonyl (C=O) groups is 2. The second kappa shape index (κ2) is 6.02. The van der Waals surface area contributed by atoms with Crippen LogP contribution in [0.5, 0.6) is 0 Å². The molecule has 22 heavy (non-hydrogen) atoms. The Labute approximate surface area is 129 Å². The van der Waals surface area contributed by atoms with Crippen LogP contribution in [0, 0.1) is 0 Å². The first-order valence-electron chi connectivity index (χ1n) is 7.38. The Morgan fingerprint density at radius 3 is 2.55 bits per heavy atom. The lowest BCUT2D eigenvalue weighted by atomic mass is 10.1. The van der Waals surface area contributed by atoms with Gasteiger partial charge in [-0.25, -0.2) is 0 Å². The van der Waals surface area contributed by atoms with Crippen molar-refractivity contribution in [3.63, 3.8) is 0 Å². The highest BCUT2D eigenvalue weighted by Gasteiger charge is 2.23. The molecular weight excluding hydrogens is 276 g/mol. The standard InChI is InChI=1S/C18H18N2O2/c1-13(21)19-16-8-6-14(7-9-16)12-18(22)20-11-10-15-4-2-3-5-17(15)20/h2-9H,10-12H2,1H3,(H,19,21). The van der Waals surface area contributed by atoms with E-state index in [1.165, 1.54) is 12.5 Å². The van der Waals surface area contributed by atoms with Crippen LogP contribution in [-0.2, 0) is 22.4 Å². The first-order chi connectivity index (χ1) is 10.6. The maximum Gasteiger partial charge on any atom is 0.231 e. The lowest BCUT2D eigenvalue weighted by molar-refractivity contribution is -0.118. The molecule has 0 atom stereocenters. The van der Waals surface area contributed by atoms with E-state index in [9.17, 15) is 9.59 Å². The van der Waals surface area contributed by atoms with Gasteiger partial charge in [0, 0.05) is 24.8 Å². The van der Waals surface area contributed by atoms with Gasteiger partial charge in [-0.15, -0.1) is 0 Å². The summed E-state index contributed by atoms with van der Waals surface area (Å²) in [6, 6.07) is 15.4. The fraction of sp³-hybridized carbons (Fsp3) is 0.222. The van der Waals surface area contributed by atoms with Crippen molar-refractivity contribution < 1.29 is 9.59 Å². The summed E-state index contributed by atoms with van der Waals surface area (Å²) in [5, 5.41) is 2.72. The molecule has 3 rings (SSSR count). The molecule has 2 aromatic carbocycles. The Morgan fingerprint density at radius 1 is 1.09 bits per heavy atom. The van der Waals surface area contributed by atoms with Crippen LogP contribution >= 0.6 is 0 Å². The molecule has 0 spiro atoms. The van der Waals surface area contributed by atoms with Gasteiger partial charge in [-0.3, -0.25) is 9.59 Å². The molecule has 2 amide bonds. The van der Waals surface area contributed by atoms with Gasteiger partial charge in [-0.05, 0) is 35.7 Å². The van der Waals surface area contributed by atoms with Gasteiger partial charge in [-0.2, -0.15) is 0 Å². The van der Waals surface area contributed by atoms with Crippen LogP contribution in [0.4, 0.5) is 11.4 Å². The van der Waals surface area contributed by atoms with Gasteiger partial charge in [0.1, 0.15) is 0 Å². The lowest BCUT2D eigenvalue weighted by Gasteiger charge is -2.17. The number of carbonyl (C=O) groups excluding carboxylic acids is 2. The van der Waals surface area contributed by atoms with Gasteiger partial charge < -0.3 is 10.2 Å². The van der Waals surface area contributed by atoms with Gasteiger partial charge in [0.05, 0.1) is 6.42 Å².